The van der Waals surface area contributed by atoms with E-state index in [1.54, 1.807) is 57.7 Å². The Morgan fingerprint density at radius 1 is 1.06 bits per heavy atom. The molecule has 0 radical (unpaired) electrons. The molecule has 1 aromatic carbocycles. The number of amides is 1. The summed E-state index contributed by atoms with van der Waals surface area (Å²) < 4.78 is 11.2. The van der Waals surface area contributed by atoms with Crippen LogP contribution in [0.5, 0.6) is 11.5 Å². The van der Waals surface area contributed by atoms with Crippen LogP contribution in [0.25, 0.3) is 0 Å². The number of carbonyl (C=O) groups excluding carboxylic acids is 1. The first-order valence-corrected chi connectivity index (χ1v) is 10.6. The van der Waals surface area contributed by atoms with Crippen molar-refractivity contribution in [1.29, 1.82) is 0 Å². The molecule has 1 aliphatic rings. The fraction of sp³-hybridized carbons (Fsp3) is 0.333. The van der Waals surface area contributed by atoms with Gasteiger partial charge in [0, 0.05) is 18.9 Å². The number of nitrogens with one attached hydrogen (secondary N) is 1. The van der Waals surface area contributed by atoms with Crippen molar-refractivity contribution < 1.29 is 14.3 Å². The number of hydrogen-bond donors (Lipinski definition) is 1. The third-order valence-electron chi connectivity index (χ3n) is 5.41. The molecule has 1 amide bonds. The zero-order valence-corrected chi connectivity index (χ0v) is 18.5. The number of nitrogens with zero attached hydrogens (tertiary/aromatic N) is 4. The standard InChI is InChI=1S/C24H27N5O3/c1-24(2,32-19-10-8-18(31-3)9-11-19)22(30)29-15-4-6-21(29)20-12-7-17(16-27-20)28-23-25-13-5-14-26-23/h5,7-14,16,21H,4,6,15H2,1-3H3,(H,25,26,28). The van der Waals surface area contributed by atoms with Crippen LogP contribution in [0.4, 0.5) is 11.6 Å². The number of aromatic nitrogens is 3. The number of hydrogen-bond acceptors (Lipinski definition) is 7. The zero-order chi connectivity index (χ0) is 22.6. The second-order valence-electron chi connectivity index (χ2n) is 8.11. The topological polar surface area (TPSA) is 89.5 Å². The molecule has 3 aromatic rings. The number of anilines is 2. The normalized spacial score (nSPS) is 16.0. The summed E-state index contributed by atoms with van der Waals surface area (Å²) in [6.45, 7) is 4.28. The van der Waals surface area contributed by atoms with E-state index in [-0.39, 0.29) is 11.9 Å². The second kappa shape index (κ2) is 9.21. The Balaban J connectivity index is 1.45. The van der Waals surface area contributed by atoms with Gasteiger partial charge in [0.25, 0.3) is 5.91 Å². The summed E-state index contributed by atoms with van der Waals surface area (Å²) in [6.07, 6.45) is 6.88. The predicted octanol–water partition coefficient (Wildman–Crippen LogP) is 4.14. The summed E-state index contributed by atoms with van der Waals surface area (Å²) >= 11 is 0. The molecular formula is C24H27N5O3. The molecule has 1 unspecified atom stereocenters. The van der Waals surface area contributed by atoms with Gasteiger partial charge in [-0.15, -0.1) is 0 Å². The summed E-state index contributed by atoms with van der Waals surface area (Å²) in [4.78, 5) is 28.2. The molecule has 1 saturated heterocycles. The van der Waals surface area contributed by atoms with Gasteiger partial charge in [-0.2, -0.15) is 0 Å². The van der Waals surface area contributed by atoms with Gasteiger partial charge < -0.3 is 19.7 Å². The van der Waals surface area contributed by atoms with Crippen molar-refractivity contribution in [2.45, 2.75) is 38.3 Å². The van der Waals surface area contributed by atoms with Gasteiger partial charge in [0.15, 0.2) is 5.60 Å². The molecular weight excluding hydrogens is 406 g/mol. The quantitative estimate of drug-likeness (QED) is 0.599. The van der Waals surface area contributed by atoms with Crippen LogP contribution in [0.15, 0.2) is 61.1 Å². The lowest BCUT2D eigenvalue weighted by Gasteiger charge is -2.33. The zero-order valence-electron chi connectivity index (χ0n) is 18.5. The van der Waals surface area contributed by atoms with Gasteiger partial charge in [-0.25, -0.2) is 9.97 Å². The molecule has 1 aliphatic heterocycles. The van der Waals surface area contributed by atoms with Crippen molar-refractivity contribution in [2.75, 3.05) is 19.0 Å². The Hall–Kier alpha value is -3.68. The summed E-state index contributed by atoms with van der Waals surface area (Å²) in [5.74, 6) is 1.81. The summed E-state index contributed by atoms with van der Waals surface area (Å²) in [7, 11) is 1.61. The molecule has 1 fully saturated rings. The number of methoxy groups -OCH3 is 1. The van der Waals surface area contributed by atoms with E-state index in [4.69, 9.17) is 9.47 Å². The molecule has 1 N–H and O–H groups in total. The van der Waals surface area contributed by atoms with E-state index in [0.29, 0.717) is 18.2 Å². The van der Waals surface area contributed by atoms with Crippen molar-refractivity contribution in [3.63, 3.8) is 0 Å². The van der Waals surface area contributed by atoms with Gasteiger partial charge in [0.1, 0.15) is 11.5 Å². The van der Waals surface area contributed by atoms with Crippen LogP contribution in [0.1, 0.15) is 38.4 Å². The lowest BCUT2D eigenvalue weighted by atomic mass is 10.0. The maximum atomic E-state index is 13.4. The fourth-order valence-electron chi connectivity index (χ4n) is 3.81. The van der Waals surface area contributed by atoms with Crippen molar-refractivity contribution in [3.8, 4) is 11.5 Å². The minimum Gasteiger partial charge on any atom is -0.497 e. The predicted molar refractivity (Wildman–Crippen MR) is 121 cm³/mol. The number of carbonyl (C=O) groups is 1. The van der Waals surface area contributed by atoms with Gasteiger partial charge in [0.2, 0.25) is 5.95 Å². The molecule has 4 rings (SSSR count). The maximum Gasteiger partial charge on any atom is 0.266 e. The Morgan fingerprint density at radius 3 is 2.44 bits per heavy atom. The van der Waals surface area contributed by atoms with Crippen LogP contribution < -0.4 is 14.8 Å². The summed E-state index contributed by atoms with van der Waals surface area (Å²) in [6, 6.07) is 12.8. The number of benzene rings is 1. The molecule has 0 saturated carbocycles. The van der Waals surface area contributed by atoms with Gasteiger partial charge >= 0.3 is 0 Å². The van der Waals surface area contributed by atoms with Crippen molar-refractivity contribution in [3.05, 3.63) is 66.7 Å². The highest BCUT2D eigenvalue weighted by Gasteiger charge is 2.40. The van der Waals surface area contributed by atoms with E-state index in [1.807, 2.05) is 29.2 Å². The summed E-state index contributed by atoms with van der Waals surface area (Å²) in [5, 5.41) is 3.12. The molecule has 166 valence electrons. The molecule has 2 aromatic heterocycles. The first kappa shape index (κ1) is 21.5. The Labute approximate surface area is 187 Å². The highest BCUT2D eigenvalue weighted by molar-refractivity contribution is 5.85. The van der Waals surface area contributed by atoms with Crippen molar-refractivity contribution in [1.82, 2.24) is 19.9 Å². The van der Waals surface area contributed by atoms with Gasteiger partial charge in [0.05, 0.1) is 30.7 Å². The third kappa shape index (κ3) is 4.80. The molecule has 1 atom stereocenters. The van der Waals surface area contributed by atoms with Crippen LogP contribution in [-0.4, -0.2) is 45.0 Å². The van der Waals surface area contributed by atoms with Gasteiger partial charge in [-0.3, -0.25) is 9.78 Å². The second-order valence-corrected chi connectivity index (χ2v) is 8.11. The van der Waals surface area contributed by atoms with E-state index in [9.17, 15) is 4.79 Å². The molecule has 0 spiro atoms. The smallest absolute Gasteiger partial charge is 0.266 e. The van der Waals surface area contributed by atoms with Crippen LogP contribution >= 0.6 is 0 Å². The Bertz CT molecular complexity index is 1040. The first-order valence-electron chi connectivity index (χ1n) is 10.6. The molecule has 8 heteroatoms. The fourth-order valence-corrected chi connectivity index (χ4v) is 3.81. The monoisotopic (exact) mass is 433 g/mol. The van der Waals surface area contributed by atoms with E-state index in [1.165, 1.54) is 0 Å². The minimum absolute atomic E-state index is 0.0579. The lowest BCUT2D eigenvalue weighted by molar-refractivity contribution is -0.146. The molecule has 8 nitrogen and oxygen atoms in total. The SMILES string of the molecule is COc1ccc(OC(C)(C)C(=O)N2CCCC2c2ccc(Nc3ncccn3)cn2)cc1. The molecule has 3 heterocycles. The van der Waals surface area contributed by atoms with Crippen LogP contribution in [0.2, 0.25) is 0 Å². The number of rotatable bonds is 7. The van der Waals surface area contributed by atoms with E-state index in [2.05, 4.69) is 20.3 Å². The number of likely N-dealkylation sites (tertiary alicyclic amines) is 1. The highest BCUT2D eigenvalue weighted by atomic mass is 16.5. The Kier molecular flexibility index (Phi) is 6.20. The third-order valence-corrected chi connectivity index (χ3v) is 5.41. The van der Waals surface area contributed by atoms with E-state index >= 15 is 0 Å². The maximum absolute atomic E-state index is 13.4. The highest BCUT2D eigenvalue weighted by Crippen LogP contribution is 2.34. The number of pyridine rings is 1. The average molecular weight is 434 g/mol. The van der Waals surface area contributed by atoms with Gasteiger partial charge in [-0.05, 0) is 69.2 Å². The van der Waals surface area contributed by atoms with Crippen molar-refractivity contribution >= 4 is 17.5 Å². The molecule has 0 aliphatic carbocycles. The largest absolute Gasteiger partial charge is 0.497 e. The van der Waals surface area contributed by atoms with E-state index in [0.717, 1.165) is 30.0 Å². The summed E-state index contributed by atoms with van der Waals surface area (Å²) in [5.41, 5.74) is 0.637. The molecule has 0 bridgehead atoms. The number of ether oxygens (including phenoxy) is 2. The Morgan fingerprint density at radius 2 is 1.78 bits per heavy atom. The van der Waals surface area contributed by atoms with Crippen LogP contribution in [0.3, 0.4) is 0 Å². The van der Waals surface area contributed by atoms with Crippen LogP contribution in [0, 0.1) is 0 Å². The van der Waals surface area contributed by atoms with Gasteiger partial charge in [-0.1, -0.05) is 0 Å². The minimum atomic E-state index is -1.01. The van der Waals surface area contributed by atoms with Crippen molar-refractivity contribution in [2.24, 2.45) is 0 Å². The van der Waals surface area contributed by atoms with Crippen LogP contribution in [-0.2, 0) is 4.79 Å². The van der Waals surface area contributed by atoms with E-state index < -0.39 is 5.60 Å². The molecule has 32 heavy (non-hydrogen) atoms. The lowest BCUT2D eigenvalue weighted by Crippen LogP contribution is -2.48. The average Bonchev–Trinajstić information content (AvgIpc) is 3.30. The first-order chi connectivity index (χ1) is 15.5.